The Hall–Kier alpha value is -3.42. The van der Waals surface area contributed by atoms with E-state index in [-0.39, 0.29) is 11.9 Å². The highest BCUT2D eigenvalue weighted by molar-refractivity contribution is 6.04. The van der Waals surface area contributed by atoms with E-state index in [9.17, 15) is 14.7 Å². The zero-order valence-corrected chi connectivity index (χ0v) is 24.9. The van der Waals surface area contributed by atoms with Crippen molar-refractivity contribution < 1.29 is 19.1 Å². The number of furan rings is 1. The summed E-state index contributed by atoms with van der Waals surface area (Å²) in [7, 11) is 0. The molecule has 224 valence electrons. The van der Waals surface area contributed by atoms with Gasteiger partial charge in [-0.05, 0) is 99.8 Å². The minimum Gasteiger partial charge on any atom is -0.478 e. The van der Waals surface area contributed by atoms with Crippen molar-refractivity contribution in [1.82, 2.24) is 10.2 Å². The standard InChI is InChI=1S/C35H45N3O4/c1-27-11-13-29(14-12-27)38(33(39)32-10-7-25-42-32)30-15-22-37(23-16-30)24-20-35(17-5-2-6-18-35)19-21-36-26-28-8-3-4-9-31(28)34(40)41/h3-4,7-14,25,30,36H,2,5-6,15-24,26H2,1H3,(H,40,41). The van der Waals surface area contributed by atoms with Gasteiger partial charge in [0, 0.05) is 31.4 Å². The zero-order valence-electron chi connectivity index (χ0n) is 24.9. The molecule has 5 rings (SSSR count). The van der Waals surface area contributed by atoms with E-state index in [4.69, 9.17) is 4.42 Å². The van der Waals surface area contributed by atoms with Crippen LogP contribution in [0.1, 0.15) is 89.8 Å². The van der Waals surface area contributed by atoms with Crippen LogP contribution >= 0.6 is 0 Å². The molecule has 0 atom stereocenters. The molecule has 1 saturated carbocycles. The fourth-order valence-electron chi connectivity index (χ4n) is 6.90. The summed E-state index contributed by atoms with van der Waals surface area (Å²) >= 11 is 0. The molecule has 1 amide bonds. The molecule has 0 unspecified atom stereocenters. The summed E-state index contributed by atoms with van der Waals surface area (Å²) in [4.78, 5) is 29.6. The Bertz CT molecular complexity index is 1290. The highest BCUT2D eigenvalue weighted by Gasteiger charge is 2.34. The van der Waals surface area contributed by atoms with E-state index in [1.165, 1.54) is 44.1 Å². The molecule has 2 aromatic carbocycles. The van der Waals surface area contributed by atoms with Crippen molar-refractivity contribution in [2.24, 2.45) is 5.41 Å². The smallest absolute Gasteiger partial charge is 0.336 e. The number of carboxylic acids is 1. The molecule has 7 heteroatoms. The number of benzene rings is 2. The molecule has 0 bridgehead atoms. The summed E-state index contributed by atoms with van der Waals surface area (Å²) in [6.45, 7) is 6.61. The number of carboxylic acid groups (broad SMARTS) is 1. The number of nitrogens with one attached hydrogen (secondary N) is 1. The Balaban J connectivity index is 1.15. The first-order valence-electron chi connectivity index (χ1n) is 15.6. The topological polar surface area (TPSA) is 86.0 Å². The number of likely N-dealkylation sites (tertiary alicyclic amines) is 1. The van der Waals surface area contributed by atoms with Crippen LogP contribution in [0.5, 0.6) is 0 Å². The molecule has 1 aromatic heterocycles. The van der Waals surface area contributed by atoms with Crippen LogP contribution in [0.25, 0.3) is 0 Å². The van der Waals surface area contributed by atoms with E-state index in [0.29, 0.717) is 23.3 Å². The van der Waals surface area contributed by atoms with E-state index in [0.717, 1.165) is 56.7 Å². The van der Waals surface area contributed by atoms with Crippen LogP contribution in [-0.4, -0.2) is 54.1 Å². The maximum absolute atomic E-state index is 13.5. The van der Waals surface area contributed by atoms with Crippen molar-refractivity contribution in [3.63, 3.8) is 0 Å². The van der Waals surface area contributed by atoms with Crippen molar-refractivity contribution in [2.75, 3.05) is 31.1 Å². The number of hydrogen-bond acceptors (Lipinski definition) is 5. The third-order valence-corrected chi connectivity index (χ3v) is 9.45. The lowest BCUT2D eigenvalue weighted by Gasteiger charge is -2.42. The highest BCUT2D eigenvalue weighted by Crippen LogP contribution is 2.42. The third-order valence-electron chi connectivity index (χ3n) is 9.45. The SMILES string of the molecule is Cc1ccc(N(C(=O)c2ccco2)C2CCN(CCC3(CCNCc4ccccc4C(=O)O)CCCCC3)CC2)cc1. The predicted molar refractivity (Wildman–Crippen MR) is 166 cm³/mol. The number of hydrogen-bond donors (Lipinski definition) is 2. The van der Waals surface area contributed by atoms with Crippen LogP contribution in [0.4, 0.5) is 5.69 Å². The fraction of sp³-hybridized carbons (Fsp3) is 0.486. The molecule has 2 fully saturated rings. The molecule has 1 aliphatic heterocycles. The minimum absolute atomic E-state index is 0.0676. The van der Waals surface area contributed by atoms with Gasteiger partial charge in [0.2, 0.25) is 0 Å². The number of carbonyl (C=O) groups excluding carboxylic acids is 1. The van der Waals surface area contributed by atoms with Crippen molar-refractivity contribution >= 4 is 17.6 Å². The molecule has 2 heterocycles. The predicted octanol–water partition coefficient (Wildman–Crippen LogP) is 6.92. The number of nitrogens with zero attached hydrogens (tertiary/aromatic N) is 2. The van der Waals surface area contributed by atoms with Gasteiger partial charge in [-0.15, -0.1) is 0 Å². The van der Waals surface area contributed by atoms with E-state index < -0.39 is 5.97 Å². The van der Waals surface area contributed by atoms with Crippen LogP contribution < -0.4 is 10.2 Å². The first-order valence-corrected chi connectivity index (χ1v) is 15.6. The lowest BCUT2D eigenvalue weighted by molar-refractivity contribution is 0.0695. The first-order chi connectivity index (χ1) is 20.4. The van der Waals surface area contributed by atoms with E-state index in [1.807, 2.05) is 29.2 Å². The molecule has 2 N–H and O–H groups in total. The Labute approximate surface area is 249 Å². The average Bonchev–Trinajstić information content (AvgIpc) is 3.56. The summed E-state index contributed by atoms with van der Waals surface area (Å²) in [6, 6.07) is 19.2. The van der Waals surface area contributed by atoms with Crippen LogP contribution in [-0.2, 0) is 6.54 Å². The van der Waals surface area contributed by atoms with Crippen LogP contribution in [0.2, 0.25) is 0 Å². The van der Waals surface area contributed by atoms with Gasteiger partial charge in [0.05, 0.1) is 11.8 Å². The molecule has 42 heavy (non-hydrogen) atoms. The summed E-state index contributed by atoms with van der Waals surface area (Å²) in [5.41, 5.74) is 3.68. The third kappa shape index (κ3) is 7.50. The van der Waals surface area contributed by atoms with Crippen molar-refractivity contribution in [3.05, 3.63) is 89.4 Å². The van der Waals surface area contributed by atoms with E-state index >= 15 is 0 Å². The van der Waals surface area contributed by atoms with Crippen molar-refractivity contribution in [2.45, 2.75) is 77.3 Å². The van der Waals surface area contributed by atoms with Gasteiger partial charge in [-0.3, -0.25) is 4.79 Å². The molecule has 7 nitrogen and oxygen atoms in total. The van der Waals surface area contributed by atoms with Gasteiger partial charge in [0.25, 0.3) is 5.91 Å². The Morgan fingerprint density at radius 3 is 2.40 bits per heavy atom. The van der Waals surface area contributed by atoms with Gasteiger partial charge in [-0.2, -0.15) is 0 Å². The van der Waals surface area contributed by atoms with Gasteiger partial charge >= 0.3 is 5.97 Å². The Morgan fingerprint density at radius 1 is 0.976 bits per heavy atom. The number of piperidine rings is 1. The second kappa shape index (κ2) is 14.2. The Kier molecular flexibility index (Phi) is 10.1. The summed E-state index contributed by atoms with van der Waals surface area (Å²) in [6.07, 6.45) is 12.2. The van der Waals surface area contributed by atoms with Gasteiger partial charge in [-0.25, -0.2) is 4.79 Å². The Morgan fingerprint density at radius 2 is 1.71 bits per heavy atom. The van der Waals surface area contributed by atoms with E-state index in [1.54, 1.807) is 30.5 Å². The maximum Gasteiger partial charge on any atom is 0.336 e. The van der Waals surface area contributed by atoms with Crippen molar-refractivity contribution in [1.29, 1.82) is 0 Å². The second-order valence-electron chi connectivity index (χ2n) is 12.3. The van der Waals surface area contributed by atoms with Crippen molar-refractivity contribution in [3.8, 4) is 0 Å². The van der Waals surface area contributed by atoms with Crippen LogP contribution in [0.3, 0.4) is 0 Å². The molecular weight excluding hydrogens is 526 g/mol. The quantitative estimate of drug-likeness (QED) is 0.230. The summed E-state index contributed by atoms with van der Waals surface area (Å²) < 4.78 is 5.50. The molecule has 3 aromatic rings. The van der Waals surface area contributed by atoms with Gasteiger partial charge in [0.1, 0.15) is 0 Å². The van der Waals surface area contributed by atoms with Gasteiger partial charge < -0.3 is 24.6 Å². The minimum atomic E-state index is -0.868. The molecule has 2 aliphatic rings. The lowest BCUT2D eigenvalue weighted by atomic mass is 9.69. The normalized spacial score (nSPS) is 17.6. The number of aromatic carboxylic acids is 1. The summed E-state index contributed by atoms with van der Waals surface area (Å²) in [5.74, 6) is -0.550. The van der Waals surface area contributed by atoms with E-state index in [2.05, 4.69) is 29.3 Å². The number of anilines is 1. The number of rotatable bonds is 12. The average molecular weight is 572 g/mol. The highest BCUT2D eigenvalue weighted by atomic mass is 16.4. The van der Waals surface area contributed by atoms with Crippen LogP contribution in [0.15, 0.2) is 71.3 Å². The first kappa shape index (κ1) is 30.1. The fourth-order valence-corrected chi connectivity index (χ4v) is 6.90. The second-order valence-corrected chi connectivity index (χ2v) is 12.3. The monoisotopic (exact) mass is 571 g/mol. The van der Waals surface area contributed by atoms with Gasteiger partial charge in [-0.1, -0.05) is 55.2 Å². The largest absolute Gasteiger partial charge is 0.478 e. The zero-order chi connectivity index (χ0) is 29.4. The molecule has 1 aliphatic carbocycles. The maximum atomic E-state index is 13.5. The molecule has 0 radical (unpaired) electrons. The van der Waals surface area contributed by atoms with Crippen LogP contribution in [0, 0.1) is 12.3 Å². The number of carbonyl (C=O) groups is 2. The lowest BCUT2D eigenvalue weighted by Crippen LogP contribution is -2.48. The number of aryl methyl sites for hydroxylation is 1. The van der Waals surface area contributed by atoms with Gasteiger partial charge in [0.15, 0.2) is 5.76 Å². The molecular formula is C35H45N3O4. The molecule has 1 saturated heterocycles. The number of amides is 1. The summed E-state index contributed by atoms with van der Waals surface area (Å²) in [5, 5.41) is 13.0. The molecule has 0 spiro atoms.